The number of hydrogen-bond acceptors (Lipinski definition) is 3. The van der Waals surface area contributed by atoms with Crippen molar-refractivity contribution in [1.29, 1.82) is 0 Å². The number of aromatic nitrogens is 1. The van der Waals surface area contributed by atoms with Crippen LogP contribution < -0.4 is 10.9 Å². The third-order valence-electron chi connectivity index (χ3n) is 3.86. The Morgan fingerprint density at radius 2 is 1.88 bits per heavy atom. The van der Waals surface area contributed by atoms with Crippen molar-refractivity contribution in [3.8, 4) is 11.8 Å². The molecule has 2 aromatic carbocycles. The van der Waals surface area contributed by atoms with Gasteiger partial charge in [-0.2, -0.15) is 0 Å². The van der Waals surface area contributed by atoms with Gasteiger partial charge in [0.25, 0.3) is 5.56 Å². The van der Waals surface area contributed by atoms with E-state index in [9.17, 15) is 14.4 Å². The number of pyridine rings is 1. The number of carbonyl (C=O) groups is 2. The van der Waals surface area contributed by atoms with E-state index in [1.165, 1.54) is 11.5 Å². The topological polar surface area (TPSA) is 68.2 Å². The second-order valence-corrected chi connectivity index (χ2v) is 5.70. The maximum atomic E-state index is 12.5. The Morgan fingerprint density at radius 1 is 1.15 bits per heavy atom. The maximum absolute atomic E-state index is 12.5. The zero-order valence-electron chi connectivity index (χ0n) is 14.2. The van der Waals surface area contributed by atoms with E-state index in [4.69, 9.17) is 0 Å². The van der Waals surface area contributed by atoms with Crippen LogP contribution in [0.4, 0.5) is 5.69 Å². The van der Waals surface area contributed by atoms with Crippen LogP contribution >= 0.6 is 0 Å². The Hall–Kier alpha value is -3.65. The van der Waals surface area contributed by atoms with Gasteiger partial charge in [0.05, 0.1) is 23.3 Å². The molecule has 0 aliphatic carbocycles. The van der Waals surface area contributed by atoms with Gasteiger partial charge in [-0.05, 0) is 29.7 Å². The van der Waals surface area contributed by atoms with Gasteiger partial charge in [-0.1, -0.05) is 42.2 Å². The van der Waals surface area contributed by atoms with E-state index < -0.39 is 0 Å². The van der Waals surface area contributed by atoms with E-state index in [-0.39, 0.29) is 23.6 Å². The predicted octanol–water partition coefficient (Wildman–Crippen LogP) is 2.82. The summed E-state index contributed by atoms with van der Waals surface area (Å²) < 4.78 is 1.48. The number of anilines is 1. The minimum Gasteiger partial charge on any atom is -0.325 e. The lowest BCUT2D eigenvalue weighted by Gasteiger charge is -2.08. The number of rotatable bonds is 3. The number of benzene rings is 2. The molecule has 5 nitrogen and oxygen atoms in total. The van der Waals surface area contributed by atoms with Gasteiger partial charge >= 0.3 is 0 Å². The molecule has 1 heterocycles. The summed E-state index contributed by atoms with van der Waals surface area (Å²) in [5.74, 6) is 5.76. The van der Waals surface area contributed by atoms with Crippen molar-refractivity contribution in [3.05, 3.63) is 76.1 Å². The molecule has 0 atom stereocenters. The highest BCUT2D eigenvalue weighted by molar-refractivity contribution is 5.90. The standard InChI is InChI=1S/C21H16N2O3/c1-15(25)22-19-10-4-2-7-16(19)9-6-12-23-20-11-5-3-8-17(20)13-18(14-24)21(23)26/h2-5,7-8,10-11,13-14H,12H2,1H3,(H,22,25). The zero-order chi connectivity index (χ0) is 18.5. The SMILES string of the molecule is CC(=O)Nc1ccccc1C#CCn1c(=O)c(C=O)cc2ccccc21. The summed E-state index contributed by atoms with van der Waals surface area (Å²) in [6, 6.07) is 16.1. The molecule has 0 radical (unpaired) electrons. The van der Waals surface area contributed by atoms with Crippen LogP contribution in [0.15, 0.2) is 59.4 Å². The van der Waals surface area contributed by atoms with E-state index in [1.807, 2.05) is 36.4 Å². The monoisotopic (exact) mass is 344 g/mol. The molecule has 1 amide bonds. The fraction of sp³-hybridized carbons (Fsp3) is 0.0952. The molecule has 0 spiro atoms. The molecule has 0 aliphatic heterocycles. The number of nitrogens with zero attached hydrogens (tertiary/aromatic N) is 1. The van der Waals surface area contributed by atoms with Crippen molar-refractivity contribution in [1.82, 2.24) is 4.57 Å². The minimum atomic E-state index is -0.372. The zero-order valence-corrected chi connectivity index (χ0v) is 14.2. The lowest BCUT2D eigenvalue weighted by Crippen LogP contribution is -2.23. The average Bonchev–Trinajstić information content (AvgIpc) is 2.64. The highest BCUT2D eigenvalue weighted by Crippen LogP contribution is 2.14. The third kappa shape index (κ3) is 3.55. The first-order chi connectivity index (χ1) is 12.6. The number of fused-ring (bicyclic) bond motifs is 1. The summed E-state index contributed by atoms with van der Waals surface area (Å²) in [4.78, 5) is 34.9. The number of amides is 1. The number of nitrogens with one attached hydrogen (secondary N) is 1. The quantitative estimate of drug-likeness (QED) is 0.587. The molecule has 1 aromatic heterocycles. The maximum Gasteiger partial charge on any atom is 0.262 e. The minimum absolute atomic E-state index is 0.101. The molecule has 0 aliphatic rings. The third-order valence-corrected chi connectivity index (χ3v) is 3.86. The second kappa shape index (κ2) is 7.49. The Labute approximate surface area is 150 Å². The van der Waals surface area contributed by atoms with Gasteiger partial charge in [0, 0.05) is 12.5 Å². The van der Waals surface area contributed by atoms with Gasteiger partial charge in [-0.25, -0.2) is 0 Å². The van der Waals surface area contributed by atoms with E-state index in [2.05, 4.69) is 17.2 Å². The molecular weight excluding hydrogens is 328 g/mol. The summed E-state index contributed by atoms with van der Waals surface area (Å²) in [6.07, 6.45) is 0.560. The Balaban J connectivity index is 2.01. The van der Waals surface area contributed by atoms with Crippen LogP contribution in [0, 0.1) is 11.8 Å². The molecule has 5 heteroatoms. The van der Waals surface area contributed by atoms with Gasteiger partial charge in [-0.15, -0.1) is 0 Å². The summed E-state index contributed by atoms with van der Waals surface area (Å²) in [6.45, 7) is 1.57. The van der Waals surface area contributed by atoms with Gasteiger partial charge in [0.15, 0.2) is 6.29 Å². The lowest BCUT2D eigenvalue weighted by molar-refractivity contribution is -0.114. The molecule has 0 bridgehead atoms. The Kier molecular flexibility index (Phi) is 4.95. The number of aldehydes is 1. The number of hydrogen-bond donors (Lipinski definition) is 1. The molecule has 0 saturated carbocycles. The fourth-order valence-electron chi connectivity index (χ4n) is 2.70. The van der Waals surface area contributed by atoms with E-state index in [0.717, 1.165) is 5.39 Å². The van der Waals surface area contributed by atoms with Crippen molar-refractivity contribution in [2.24, 2.45) is 0 Å². The lowest BCUT2D eigenvalue weighted by atomic mass is 10.1. The van der Waals surface area contributed by atoms with Crippen LogP contribution in [0.1, 0.15) is 22.8 Å². The molecular formula is C21H16N2O3. The number of carbonyl (C=O) groups excluding carboxylic acids is 2. The first kappa shape index (κ1) is 17.2. The van der Waals surface area contributed by atoms with Crippen molar-refractivity contribution < 1.29 is 9.59 Å². The molecule has 3 rings (SSSR count). The Bertz CT molecular complexity index is 1120. The normalized spacial score (nSPS) is 10.0. The summed E-state index contributed by atoms with van der Waals surface area (Å²) >= 11 is 0. The first-order valence-electron chi connectivity index (χ1n) is 8.03. The van der Waals surface area contributed by atoms with Gasteiger partial charge in [-0.3, -0.25) is 19.0 Å². The molecule has 0 saturated heterocycles. The fourth-order valence-corrected chi connectivity index (χ4v) is 2.70. The van der Waals surface area contributed by atoms with Gasteiger partial charge < -0.3 is 5.32 Å². The van der Waals surface area contributed by atoms with Crippen molar-refractivity contribution >= 4 is 28.8 Å². The van der Waals surface area contributed by atoms with Crippen molar-refractivity contribution in [2.75, 3.05) is 5.32 Å². The van der Waals surface area contributed by atoms with Crippen LogP contribution in [-0.4, -0.2) is 16.8 Å². The molecule has 0 unspecified atom stereocenters. The van der Waals surface area contributed by atoms with Gasteiger partial charge in [0.1, 0.15) is 0 Å². The van der Waals surface area contributed by atoms with Crippen molar-refractivity contribution in [3.63, 3.8) is 0 Å². The van der Waals surface area contributed by atoms with E-state index in [0.29, 0.717) is 23.1 Å². The summed E-state index contributed by atoms with van der Waals surface area (Å²) in [5, 5.41) is 3.53. The van der Waals surface area contributed by atoms with Crippen LogP contribution in [0.5, 0.6) is 0 Å². The van der Waals surface area contributed by atoms with E-state index >= 15 is 0 Å². The second-order valence-electron chi connectivity index (χ2n) is 5.70. The van der Waals surface area contributed by atoms with Gasteiger partial charge in [0.2, 0.25) is 5.91 Å². The van der Waals surface area contributed by atoms with Crippen LogP contribution in [0.25, 0.3) is 10.9 Å². The van der Waals surface area contributed by atoms with Crippen LogP contribution in [0.3, 0.4) is 0 Å². The molecule has 128 valence electrons. The molecule has 1 N–H and O–H groups in total. The van der Waals surface area contributed by atoms with E-state index in [1.54, 1.807) is 18.2 Å². The highest BCUT2D eigenvalue weighted by Gasteiger charge is 2.07. The smallest absolute Gasteiger partial charge is 0.262 e. The number of para-hydroxylation sites is 2. The predicted molar refractivity (Wildman–Crippen MR) is 101 cm³/mol. The average molecular weight is 344 g/mol. The Morgan fingerprint density at radius 3 is 2.65 bits per heavy atom. The largest absolute Gasteiger partial charge is 0.325 e. The first-order valence-corrected chi connectivity index (χ1v) is 8.03. The van der Waals surface area contributed by atoms with Crippen LogP contribution in [-0.2, 0) is 11.3 Å². The van der Waals surface area contributed by atoms with Crippen LogP contribution in [0.2, 0.25) is 0 Å². The molecule has 0 fully saturated rings. The summed E-state index contributed by atoms with van der Waals surface area (Å²) in [5.41, 5.74) is 1.72. The highest BCUT2D eigenvalue weighted by atomic mass is 16.1. The summed E-state index contributed by atoms with van der Waals surface area (Å²) in [7, 11) is 0. The molecule has 3 aromatic rings. The van der Waals surface area contributed by atoms with Crippen molar-refractivity contribution in [2.45, 2.75) is 13.5 Å². The molecule has 26 heavy (non-hydrogen) atoms.